The minimum Gasteiger partial charge on any atom is -0.853 e. The molecule has 108 valence electrons. The molecule has 2 aromatic heterocycles. The van der Waals surface area contributed by atoms with E-state index in [-0.39, 0.29) is 76.2 Å². The van der Waals surface area contributed by atoms with Crippen LogP contribution in [-0.4, -0.2) is 49.5 Å². The number of aliphatic hydroxyl groups excluding tert-OH is 1. The van der Waals surface area contributed by atoms with E-state index in [4.69, 9.17) is 10.5 Å². The number of nitrogens with one attached hydrogen (secondary N) is 1. The normalized spacial score (nSPS) is 27.4. The second-order valence-corrected chi connectivity index (χ2v) is 4.46. The number of nitrogens with two attached hydrogens (primary N) is 1. The molecule has 0 bridgehead atoms. The van der Waals surface area contributed by atoms with Crippen LogP contribution in [-0.2, 0) is 4.74 Å². The van der Waals surface area contributed by atoms with Crippen molar-refractivity contribution in [3.8, 4) is 0 Å². The summed E-state index contributed by atoms with van der Waals surface area (Å²) in [5, 5.41) is 32.4. The smallest absolute Gasteiger partial charge is 0.853 e. The first-order valence-electron chi connectivity index (χ1n) is 5.82. The van der Waals surface area contributed by atoms with E-state index in [1.165, 1.54) is 10.9 Å². The molecular weight excluding hydrogens is 316 g/mol. The van der Waals surface area contributed by atoms with Crippen LogP contribution in [0.5, 0.6) is 0 Å². The van der Waals surface area contributed by atoms with Crippen molar-refractivity contribution in [3.63, 3.8) is 0 Å². The number of aromatic amines is 1. The summed E-state index contributed by atoms with van der Waals surface area (Å²) in [7, 11) is 0. The van der Waals surface area contributed by atoms with E-state index in [9.17, 15) is 20.1 Å². The van der Waals surface area contributed by atoms with Gasteiger partial charge in [-0.25, -0.2) is 4.98 Å². The van der Waals surface area contributed by atoms with E-state index in [0.717, 1.165) is 0 Å². The topological polar surface area (TPSA) is 165 Å². The van der Waals surface area contributed by atoms with Gasteiger partial charge in [-0.2, -0.15) is 4.98 Å². The van der Waals surface area contributed by atoms with Crippen molar-refractivity contribution in [2.75, 3.05) is 12.3 Å². The zero-order valence-electron chi connectivity index (χ0n) is 12.1. The van der Waals surface area contributed by atoms with Gasteiger partial charge in [-0.05, 0) is 0 Å². The number of H-pyrrole nitrogens is 1. The minimum atomic E-state index is -1.56. The van der Waals surface area contributed by atoms with E-state index in [1.807, 2.05) is 0 Å². The first-order chi connectivity index (χ1) is 9.52. The second kappa shape index (κ2) is 7.71. The molecule has 3 rings (SSSR count). The first-order valence-corrected chi connectivity index (χ1v) is 5.82. The van der Waals surface area contributed by atoms with Crippen LogP contribution in [0.2, 0.25) is 0 Å². The fraction of sp³-hybridized carbons (Fsp3) is 0.500. The Morgan fingerprint density at radius 3 is 2.77 bits per heavy atom. The van der Waals surface area contributed by atoms with E-state index < -0.39 is 36.7 Å². The van der Waals surface area contributed by atoms with Gasteiger partial charge in [0.1, 0.15) is 0 Å². The molecule has 3 heterocycles. The van der Waals surface area contributed by atoms with Crippen LogP contribution in [0, 0.1) is 0 Å². The summed E-state index contributed by atoms with van der Waals surface area (Å²) in [6, 6.07) is 0. The van der Waals surface area contributed by atoms with Gasteiger partial charge < -0.3 is 25.8 Å². The summed E-state index contributed by atoms with van der Waals surface area (Å²) in [6.07, 6.45) is -4.05. The summed E-state index contributed by atoms with van der Waals surface area (Å²) in [4.78, 5) is 21.7. The number of aliphatic hydroxyl groups is 1. The Bertz CT molecular complexity index is 707. The van der Waals surface area contributed by atoms with Gasteiger partial charge in [0.15, 0.2) is 17.4 Å². The quantitative estimate of drug-likeness (QED) is 0.457. The third kappa shape index (κ3) is 3.26. The van der Waals surface area contributed by atoms with Crippen LogP contribution in [0.4, 0.5) is 5.95 Å². The molecule has 1 aliphatic rings. The van der Waals surface area contributed by atoms with Crippen molar-refractivity contribution in [2.24, 2.45) is 0 Å². The van der Waals surface area contributed by atoms with Gasteiger partial charge in [0, 0.05) is 6.10 Å². The van der Waals surface area contributed by atoms with Crippen LogP contribution in [0.3, 0.4) is 0 Å². The maximum Gasteiger partial charge on any atom is 1.00 e. The SMILES string of the molecule is Nc1nc2c(ncn2[C@@H]2O[C@H](C[O-])[C@@H]([O-])[C@H]2O)c(=O)[nH]1.[Na+].[Na+]. The van der Waals surface area contributed by atoms with Crippen LogP contribution < -0.4 is 80.6 Å². The maximum atomic E-state index is 11.7. The first kappa shape index (κ1) is 20.0. The predicted octanol–water partition coefficient (Wildman–Crippen LogP) is -9.94. The van der Waals surface area contributed by atoms with Gasteiger partial charge in [0.2, 0.25) is 5.95 Å². The van der Waals surface area contributed by atoms with Gasteiger partial charge >= 0.3 is 59.1 Å². The van der Waals surface area contributed by atoms with Crippen LogP contribution in [0.15, 0.2) is 11.1 Å². The number of fused-ring (bicyclic) bond motifs is 1. The molecule has 1 fully saturated rings. The molecule has 0 amide bonds. The van der Waals surface area contributed by atoms with E-state index in [0.29, 0.717) is 0 Å². The molecule has 2 aromatic rings. The molecule has 0 aromatic carbocycles. The van der Waals surface area contributed by atoms with Crippen LogP contribution in [0.1, 0.15) is 6.23 Å². The second-order valence-electron chi connectivity index (χ2n) is 4.46. The molecule has 12 heteroatoms. The Kier molecular flexibility index (Phi) is 7.02. The van der Waals surface area contributed by atoms with Crippen LogP contribution >= 0.6 is 0 Å². The zero-order valence-corrected chi connectivity index (χ0v) is 16.1. The number of nitrogens with zero attached hydrogens (tertiary/aromatic N) is 3. The number of aromatic nitrogens is 4. The molecule has 0 unspecified atom stereocenters. The largest absolute Gasteiger partial charge is 1.00 e. The van der Waals surface area contributed by atoms with Crippen molar-refractivity contribution >= 4 is 17.1 Å². The van der Waals surface area contributed by atoms with Crippen LogP contribution in [0.25, 0.3) is 11.2 Å². The summed E-state index contributed by atoms with van der Waals surface area (Å²) in [5.74, 6) is -0.129. The molecule has 0 spiro atoms. The number of hydrogen-bond acceptors (Lipinski definition) is 8. The van der Waals surface area contributed by atoms with Crippen molar-refractivity contribution in [3.05, 3.63) is 16.7 Å². The van der Waals surface area contributed by atoms with Crippen molar-refractivity contribution in [1.82, 2.24) is 19.5 Å². The Morgan fingerprint density at radius 2 is 2.18 bits per heavy atom. The molecular formula is C10H11N5Na2O5. The minimum absolute atomic E-state index is 0. The maximum absolute atomic E-state index is 11.7. The fourth-order valence-corrected chi connectivity index (χ4v) is 2.21. The van der Waals surface area contributed by atoms with E-state index in [1.54, 1.807) is 0 Å². The molecule has 0 radical (unpaired) electrons. The number of hydrogen-bond donors (Lipinski definition) is 3. The van der Waals surface area contributed by atoms with Gasteiger partial charge in [0.25, 0.3) is 5.56 Å². The summed E-state index contributed by atoms with van der Waals surface area (Å²) >= 11 is 0. The molecule has 0 saturated carbocycles. The average molecular weight is 327 g/mol. The van der Waals surface area contributed by atoms with E-state index in [2.05, 4.69) is 15.0 Å². The number of anilines is 1. The molecule has 4 atom stereocenters. The van der Waals surface area contributed by atoms with Crippen molar-refractivity contribution in [1.29, 1.82) is 0 Å². The number of ether oxygens (including phenoxy) is 1. The Hall–Kier alpha value is -0.0100. The van der Waals surface area contributed by atoms with Crippen molar-refractivity contribution < 1.29 is 79.2 Å². The van der Waals surface area contributed by atoms with Gasteiger partial charge in [-0.15, -0.1) is 6.61 Å². The number of imidazole rings is 1. The summed E-state index contributed by atoms with van der Waals surface area (Å²) in [6.45, 7) is -0.759. The van der Waals surface area contributed by atoms with Crippen molar-refractivity contribution in [2.45, 2.75) is 24.5 Å². The Balaban J connectivity index is 0.00000121. The molecule has 1 saturated heterocycles. The third-order valence-electron chi connectivity index (χ3n) is 3.20. The zero-order chi connectivity index (χ0) is 14.4. The molecule has 1 aliphatic heterocycles. The average Bonchev–Trinajstić information content (AvgIpc) is 2.93. The predicted molar refractivity (Wildman–Crippen MR) is 61.1 cm³/mol. The number of rotatable bonds is 2. The molecule has 0 aliphatic carbocycles. The van der Waals surface area contributed by atoms with E-state index >= 15 is 0 Å². The number of nitrogen functional groups attached to an aromatic ring is 1. The standard InChI is InChI=1S/C10H11N5O5.2Na/c11-10-13-7-4(8(19)14-10)12-2-15(7)9-6(18)5(17)3(1-16)20-9;;/h2-3,5-6,9,18H,1H2,(H3,11,13,14,19);;/q-2;2*+1/t3-,5-,6-,9-;;/m1../s1. The van der Waals surface area contributed by atoms with Gasteiger partial charge in [-0.3, -0.25) is 14.3 Å². The summed E-state index contributed by atoms with van der Waals surface area (Å²) < 4.78 is 6.45. The molecule has 22 heavy (non-hydrogen) atoms. The molecule has 4 N–H and O–H groups in total. The summed E-state index contributed by atoms with van der Waals surface area (Å²) in [5.41, 5.74) is 4.98. The Morgan fingerprint density at radius 1 is 1.50 bits per heavy atom. The Labute approximate surface area is 168 Å². The van der Waals surface area contributed by atoms with Gasteiger partial charge in [0.05, 0.1) is 12.4 Å². The van der Waals surface area contributed by atoms with Gasteiger partial charge in [-0.1, -0.05) is 6.10 Å². The monoisotopic (exact) mass is 327 g/mol. The third-order valence-corrected chi connectivity index (χ3v) is 3.20. The molecule has 10 nitrogen and oxygen atoms in total. The fourth-order valence-electron chi connectivity index (χ4n) is 2.21.